The van der Waals surface area contributed by atoms with Crippen molar-refractivity contribution in [1.82, 2.24) is 9.13 Å². The highest BCUT2D eigenvalue weighted by Gasteiger charge is 2.22. The highest BCUT2D eigenvalue weighted by Crippen LogP contribution is 2.38. The Morgan fingerprint density at radius 1 is 0.302 bits per heavy atom. The van der Waals surface area contributed by atoms with E-state index in [4.69, 9.17) is 0 Å². The van der Waals surface area contributed by atoms with Crippen LogP contribution in [-0.2, 0) is 0 Å². The summed E-state index contributed by atoms with van der Waals surface area (Å²) >= 11 is 0. The van der Waals surface area contributed by atoms with Crippen molar-refractivity contribution in [3.8, 4) is 67.0 Å². The number of aromatic nitrogens is 2. The fraction of sp³-hybridized carbons (Fsp3) is 0.0492. The van der Waals surface area contributed by atoms with Gasteiger partial charge < -0.3 is 9.13 Å². The maximum atomic E-state index is 2.45. The smallest absolute Gasteiger partial charge is 0.0541 e. The van der Waals surface area contributed by atoms with E-state index < -0.39 is 0 Å². The van der Waals surface area contributed by atoms with Crippen LogP contribution < -0.4 is 10.6 Å². The number of hydrogen-bond donors (Lipinski definition) is 0. The predicted octanol–water partition coefficient (Wildman–Crippen LogP) is 14.7. The normalized spacial score (nSPS) is 13.0. The first-order chi connectivity index (χ1) is 31.0. The van der Waals surface area contributed by atoms with E-state index in [2.05, 4.69) is 254 Å². The molecule has 1 aliphatic rings. The standard InChI is InChI=1S/C61H44N2/c1-61(2)39-56-55-38-48(29-35-59(55)63(60(56)40-61)50-30-24-42(25-31-50)46-19-13-18-45(36-46)41-14-5-3-6-15-41)47-28-34-58-54(37-47)53-22-11-12-23-57(53)62(58)49-32-26-44(27-33-49)52-21-10-9-20-51(52)43-16-7-4-8-17-43/h3-40H,1-2H3. The number of rotatable bonds is 7. The molecule has 0 fully saturated rings. The predicted molar refractivity (Wildman–Crippen MR) is 267 cm³/mol. The molecule has 0 unspecified atom stereocenters. The molecule has 2 heteroatoms. The van der Waals surface area contributed by atoms with Crippen molar-refractivity contribution in [3.63, 3.8) is 0 Å². The van der Waals surface area contributed by atoms with Crippen molar-refractivity contribution < 1.29 is 0 Å². The molecule has 0 radical (unpaired) electrons. The Labute approximate surface area is 367 Å². The zero-order chi connectivity index (χ0) is 42.1. The maximum Gasteiger partial charge on any atom is 0.0541 e. The monoisotopic (exact) mass is 804 g/mol. The van der Waals surface area contributed by atoms with E-state index in [1.165, 1.54) is 105 Å². The molecule has 9 aromatic carbocycles. The molecule has 0 amide bonds. The van der Waals surface area contributed by atoms with Crippen LogP contribution >= 0.6 is 0 Å². The quantitative estimate of drug-likeness (QED) is 0.152. The van der Waals surface area contributed by atoms with Gasteiger partial charge in [0.2, 0.25) is 0 Å². The third-order valence-corrected chi connectivity index (χ3v) is 13.0. The molecule has 12 rings (SSSR count). The average Bonchev–Trinajstić information content (AvgIpc) is 3.95. The van der Waals surface area contributed by atoms with Gasteiger partial charge in [0.15, 0.2) is 0 Å². The Kier molecular flexibility index (Phi) is 8.55. The van der Waals surface area contributed by atoms with Gasteiger partial charge in [0.1, 0.15) is 0 Å². The van der Waals surface area contributed by atoms with Gasteiger partial charge in [-0.2, -0.15) is 0 Å². The van der Waals surface area contributed by atoms with Crippen LogP contribution in [0.1, 0.15) is 13.8 Å². The lowest BCUT2D eigenvalue weighted by molar-refractivity contribution is 0.722. The topological polar surface area (TPSA) is 9.86 Å². The van der Waals surface area contributed by atoms with E-state index >= 15 is 0 Å². The van der Waals surface area contributed by atoms with Crippen LogP contribution in [0.15, 0.2) is 218 Å². The lowest BCUT2D eigenvalue weighted by Gasteiger charge is -2.13. The minimum absolute atomic E-state index is 0.0430. The fourth-order valence-corrected chi connectivity index (χ4v) is 9.99. The van der Waals surface area contributed by atoms with Crippen LogP contribution in [0.4, 0.5) is 0 Å². The van der Waals surface area contributed by atoms with Gasteiger partial charge in [0.05, 0.1) is 21.9 Å². The van der Waals surface area contributed by atoms with E-state index in [1.54, 1.807) is 0 Å². The number of fused-ring (bicyclic) bond motifs is 6. The Morgan fingerprint density at radius 2 is 0.746 bits per heavy atom. The van der Waals surface area contributed by atoms with Crippen molar-refractivity contribution in [2.45, 2.75) is 13.8 Å². The second-order valence-corrected chi connectivity index (χ2v) is 17.5. The third kappa shape index (κ3) is 6.34. The molecule has 0 saturated heterocycles. The first-order valence-electron chi connectivity index (χ1n) is 21.9. The van der Waals surface area contributed by atoms with Gasteiger partial charge in [-0.1, -0.05) is 184 Å². The van der Waals surface area contributed by atoms with Crippen LogP contribution in [0, 0.1) is 5.41 Å². The molecule has 0 spiro atoms. The number of nitrogens with zero attached hydrogens (tertiary/aromatic N) is 2. The first kappa shape index (κ1) is 36.9. The molecule has 63 heavy (non-hydrogen) atoms. The molecule has 0 saturated carbocycles. The van der Waals surface area contributed by atoms with E-state index in [9.17, 15) is 0 Å². The summed E-state index contributed by atoms with van der Waals surface area (Å²) in [5, 5.41) is 6.35. The molecule has 0 aliphatic heterocycles. The van der Waals surface area contributed by atoms with Crippen LogP contribution in [0.5, 0.6) is 0 Å². The molecule has 11 aromatic rings. The lowest BCUT2D eigenvalue weighted by atomic mass is 9.94. The molecule has 298 valence electrons. The summed E-state index contributed by atoms with van der Waals surface area (Å²) in [6.45, 7) is 4.60. The lowest BCUT2D eigenvalue weighted by Crippen LogP contribution is -2.25. The molecule has 0 N–H and O–H groups in total. The first-order valence-corrected chi connectivity index (χ1v) is 21.9. The fourth-order valence-electron chi connectivity index (χ4n) is 9.99. The molecule has 2 heterocycles. The van der Waals surface area contributed by atoms with E-state index in [0.29, 0.717) is 0 Å². The van der Waals surface area contributed by atoms with E-state index in [-0.39, 0.29) is 5.41 Å². The van der Waals surface area contributed by atoms with Gasteiger partial charge in [-0.25, -0.2) is 0 Å². The Hall–Kier alpha value is -7.94. The van der Waals surface area contributed by atoms with E-state index in [0.717, 1.165) is 5.69 Å². The Balaban J connectivity index is 0.918. The van der Waals surface area contributed by atoms with Crippen molar-refractivity contribution >= 4 is 44.9 Å². The average molecular weight is 805 g/mol. The van der Waals surface area contributed by atoms with Crippen LogP contribution in [0.3, 0.4) is 0 Å². The summed E-state index contributed by atoms with van der Waals surface area (Å²) in [5.74, 6) is 0. The minimum Gasteiger partial charge on any atom is -0.310 e. The van der Waals surface area contributed by atoms with Crippen molar-refractivity contribution in [3.05, 3.63) is 229 Å². The van der Waals surface area contributed by atoms with Gasteiger partial charge in [-0.3, -0.25) is 0 Å². The summed E-state index contributed by atoms with van der Waals surface area (Å²) in [5.41, 5.74) is 18.1. The number of hydrogen-bond acceptors (Lipinski definition) is 0. The zero-order valence-electron chi connectivity index (χ0n) is 35.3. The Morgan fingerprint density at radius 3 is 1.41 bits per heavy atom. The molecule has 0 bridgehead atoms. The molecule has 2 aromatic heterocycles. The molecule has 2 nitrogen and oxygen atoms in total. The van der Waals surface area contributed by atoms with Gasteiger partial charge in [-0.15, -0.1) is 0 Å². The summed E-state index contributed by atoms with van der Waals surface area (Å²) in [6, 6.07) is 79.8. The summed E-state index contributed by atoms with van der Waals surface area (Å²) in [4.78, 5) is 0. The van der Waals surface area contributed by atoms with Crippen LogP contribution in [0.2, 0.25) is 0 Å². The molecule has 0 atom stereocenters. The molecular weight excluding hydrogens is 761 g/mol. The largest absolute Gasteiger partial charge is 0.310 e. The molecular formula is C61H44N2. The summed E-state index contributed by atoms with van der Waals surface area (Å²) < 4.78 is 4.86. The molecule has 1 aliphatic carbocycles. The third-order valence-electron chi connectivity index (χ3n) is 13.0. The summed E-state index contributed by atoms with van der Waals surface area (Å²) in [6.07, 6.45) is 4.87. The van der Waals surface area contributed by atoms with Gasteiger partial charge in [0, 0.05) is 38.2 Å². The summed E-state index contributed by atoms with van der Waals surface area (Å²) in [7, 11) is 0. The second kappa shape index (κ2) is 14.6. The second-order valence-electron chi connectivity index (χ2n) is 17.5. The van der Waals surface area contributed by atoms with Crippen LogP contribution in [-0.4, -0.2) is 9.13 Å². The zero-order valence-corrected chi connectivity index (χ0v) is 35.3. The van der Waals surface area contributed by atoms with Crippen LogP contribution in [0.25, 0.3) is 112 Å². The minimum atomic E-state index is -0.0430. The van der Waals surface area contributed by atoms with Gasteiger partial charge in [-0.05, 0) is 116 Å². The number of para-hydroxylation sites is 1. The van der Waals surface area contributed by atoms with Gasteiger partial charge >= 0.3 is 0 Å². The van der Waals surface area contributed by atoms with Crippen molar-refractivity contribution in [2.75, 3.05) is 0 Å². The van der Waals surface area contributed by atoms with E-state index in [1.807, 2.05) is 0 Å². The number of benzene rings is 9. The maximum absolute atomic E-state index is 2.45. The van der Waals surface area contributed by atoms with Gasteiger partial charge in [0.25, 0.3) is 0 Å². The highest BCUT2D eigenvalue weighted by atomic mass is 15.0. The SMILES string of the molecule is CC1(C)C=c2c(n(-c3ccc(-c4cccc(-c5ccccc5)c4)cc3)c3ccc(-c4ccc5c(c4)c4ccccc4n5-c4ccc(-c5ccccc5-c5ccccc5)cc4)cc23)=C1. The van der Waals surface area contributed by atoms with Crippen molar-refractivity contribution in [2.24, 2.45) is 5.41 Å². The van der Waals surface area contributed by atoms with Crippen molar-refractivity contribution in [1.29, 1.82) is 0 Å². The highest BCUT2D eigenvalue weighted by molar-refractivity contribution is 6.10. The Bertz CT molecular complexity index is 3660.